The molecule has 1 aromatic rings. The van der Waals surface area contributed by atoms with Gasteiger partial charge in [-0.05, 0) is 37.8 Å². The van der Waals surface area contributed by atoms with Crippen molar-refractivity contribution in [2.45, 2.75) is 43.2 Å². The first kappa shape index (κ1) is 15.8. The lowest BCUT2D eigenvalue weighted by Gasteiger charge is -2.24. The largest absolute Gasteiger partial charge is 0.310 e. The van der Waals surface area contributed by atoms with Gasteiger partial charge in [-0.2, -0.15) is 4.31 Å². The molecule has 20 heavy (non-hydrogen) atoms. The first-order chi connectivity index (χ1) is 9.07. The Bertz CT molecular complexity index is 576. The molecule has 0 amide bonds. The Balaban J connectivity index is 0.00000147. The topological polar surface area (TPSA) is 49.4 Å². The highest BCUT2D eigenvalue weighted by molar-refractivity contribution is 7.89. The summed E-state index contributed by atoms with van der Waals surface area (Å²) in [6.07, 6.45) is 3.19. The fourth-order valence-corrected chi connectivity index (χ4v) is 4.84. The zero-order valence-corrected chi connectivity index (χ0v) is 13.2. The molecule has 112 valence electrons. The number of aryl methyl sites for hydroxylation is 1. The molecule has 0 spiro atoms. The van der Waals surface area contributed by atoms with Crippen LogP contribution in [0.4, 0.5) is 0 Å². The number of nitrogens with zero attached hydrogens (tertiary/aromatic N) is 1. The highest BCUT2D eigenvalue weighted by Gasteiger charge is 2.35. The van der Waals surface area contributed by atoms with Gasteiger partial charge >= 0.3 is 0 Å². The minimum atomic E-state index is -3.35. The van der Waals surface area contributed by atoms with E-state index in [-0.39, 0.29) is 12.4 Å². The van der Waals surface area contributed by atoms with Crippen LogP contribution in [0.2, 0.25) is 0 Å². The Hall–Kier alpha value is -0.620. The van der Waals surface area contributed by atoms with Gasteiger partial charge in [0, 0.05) is 25.2 Å². The highest BCUT2D eigenvalue weighted by atomic mass is 35.5. The molecular formula is C14H21ClN2O2S. The lowest BCUT2D eigenvalue weighted by atomic mass is 10.1. The van der Waals surface area contributed by atoms with Crippen LogP contribution >= 0.6 is 12.4 Å². The lowest BCUT2D eigenvalue weighted by molar-refractivity contribution is 0.383. The molecule has 0 radical (unpaired) electrons. The van der Waals surface area contributed by atoms with Crippen LogP contribution in [0.5, 0.6) is 0 Å². The van der Waals surface area contributed by atoms with Crippen molar-refractivity contribution in [2.24, 2.45) is 0 Å². The summed E-state index contributed by atoms with van der Waals surface area (Å²) in [5.74, 6) is 0. The van der Waals surface area contributed by atoms with E-state index in [1.165, 1.54) is 6.42 Å². The van der Waals surface area contributed by atoms with Crippen LogP contribution in [0.15, 0.2) is 29.2 Å². The van der Waals surface area contributed by atoms with Gasteiger partial charge in [0.2, 0.25) is 10.0 Å². The van der Waals surface area contributed by atoms with Crippen LogP contribution in [0, 0.1) is 6.92 Å². The summed E-state index contributed by atoms with van der Waals surface area (Å²) in [7, 11) is -3.35. The third-order valence-corrected chi connectivity index (χ3v) is 6.22. The van der Waals surface area contributed by atoms with Gasteiger partial charge in [0.05, 0.1) is 4.90 Å². The fraction of sp³-hybridized carbons (Fsp3) is 0.571. The maximum absolute atomic E-state index is 12.7. The highest BCUT2D eigenvalue weighted by Crippen LogP contribution is 2.26. The Kier molecular flexibility index (Phi) is 4.74. The summed E-state index contributed by atoms with van der Waals surface area (Å²) in [6.45, 7) is 3.09. The molecule has 2 unspecified atom stereocenters. The summed E-state index contributed by atoms with van der Waals surface area (Å²) in [6, 6.07) is 8.06. The number of sulfonamides is 1. The maximum atomic E-state index is 12.7. The van der Waals surface area contributed by atoms with Crippen molar-refractivity contribution in [3.05, 3.63) is 29.8 Å². The molecular weight excluding hydrogens is 296 g/mol. The van der Waals surface area contributed by atoms with Gasteiger partial charge in [-0.1, -0.05) is 18.2 Å². The van der Waals surface area contributed by atoms with Gasteiger partial charge in [0.25, 0.3) is 0 Å². The average Bonchev–Trinajstić information content (AvgIpc) is 2.68. The van der Waals surface area contributed by atoms with Gasteiger partial charge in [-0.3, -0.25) is 0 Å². The van der Waals surface area contributed by atoms with E-state index in [4.69, 9.17) is 0 Å². The number of rotatable bonds is 2. The van der Waals surface area contributed by atoms with Gasteiger partial charge in [-0.25, -0.2) is 8.42 Å². The lowest BCUT2D eigenvalue weighted by Crippen LogP contribution is -2.39. The third kappa shape index (κ3) is 2.86. The van der Waals surface area contributed by atoms with Crippen molar-refractivity contribution in [1.82, 2.24) is 9.62 Å². The molecule has 2 aliphatic rings. The van der Waals surface area contributed by atoms with E-state index < -0.39 is 10.0 Å². The first-order valence-electron chi connectivity index (χ1n) is 6.89. The van der Waals surface area contributed by atoms with Crippen LogP contribution in [-0.2, 0) is 10.0 Å². The second-order valence-corrected chi connectivity index (χ2v) is 7.46. The minimum Gasteiger partial charge on any atom is -0.310 e. The SMILES string of the molecule is Cc1ccccc1S(=O)(=O)N1CCC2CCC(C1)N2.Cl. The van der Waals surface area contributed by atoms with Gasteiger partial charge in [0.15, 0.2) is 0 Å². The molecule has 0 aromatic heterocycles. The van der Waals surface area contributed by atoms with E-state index in [9.17, 15) is 8.42 Å². The van der Waals surface area contributed by atoms with Crippen molar-refractivity contribution in [3.63, 3.8) is 0 Å². The molecule has 3 rings (SSSR count). The van der Waals surface area contributed by atoms with Crippen LogP contribution < -0.4 is 5.32 Å². The second kappa shape index (κ2) is 6.02. The smallest absolute Gasteiger partial charge is 0.243 e. The van der Waals surface area contributed by atoms with Gasteiger partial charge in [-0.15, -0.1) is 12.4 Å². The number of fused-ring (bicyclic) bond motifs is 2. The zero-order chi connectivity index (χ0) is 13.5. The van der Waals surface area contributed by atoms with Crippen molar-refractivity contribution >= 4 is 22.4 Å². The number of benzene rings is 1. The van der Waals surface area contributed by atoms with Crippen molar-refractivity contribution in [2.75, 3.05) is 13.1 Å². The molecule has 2 aliphatic heterocycles. The van der Waals surface area contributed by atoms with Gasteiger partial charge < -0.3 is 5.32 Å². The van der Waals surface area contributed by atoms with E-state index in [1.54, 1.807) is 16.4 Å². The molecule has 0 aliphatic carbocycles. The molecule has 2 atom stereocenters. The van der Waals surface area contributed by atoms with E-state index in [0.717, 1.165) is 18.4 Å². The first-order valence-corrected chi connectivity index (χ1v) is 8.33. The van der Waals surface area contributed by atoms with E-state index in [0.29, 0.717) is 30.1 Å². The van der Waals surface area contributed by atoms with Gasteiger partial charge in [0.1, 0.15) is 0 Å². The molecule has 2 saturated heterocycles. The fourth-order valence-electron chi connectivity index (χ4n) is 3.11. The number of hydrogen-bond donors (Lipinski definition) is 1. The van der Waals surface area contributed by atoms with Crippen molar-refractivity contribution in [3.8, 4) is 0 Å². The Morgan fingerprint density at radius 2 is 1.85 bits per heavy atom. The molecule has 4 nitrogen and oxygen atoms in total. The van der Waals surface area contributed by atoms with Crippen molar-refractivity contribution in [1.29, 1.82) is 0 Å². The van der Waals surface area contributed by atoms with Crippen LogP contribution in [0.3, 0.4) is 0 Å². The maximum Gasteiger partial charge on any atom is 0.243 e. The van der Waals surface area contributed by atoms with Crippen LogP contribution in [0.1, 0.15) is 24.8 Å². The standard InChI is InChI=1S/C14H20N2O2S.ClH/c1-11-4-2-3-5-14(11)19(17,18)16-9-8-12-6-7-13(10-16)15-12;/h2-5,12-13,15H,6-10H2,1H3;1H. The quantitative estimate of drug-likeness (QED) is 0.907. The summed E-state index contributed by atoms with van der Waals surface area (Å²) in [5, 5.41) is 3.51. The summed E-state index contributed by atoms with van der Waals surface area (Å²) in [5.41, 5.74) is 0.824. The third-order valence-electron chi connectivity index (χ3n) is 4.20. The molecule has 0 saturated carbocycles. The number of nitrogens with one attached hydrogen (secondary N) is 1. The minimum absolute atomic E-state index is 0. The molecule has 6 heteroatoms. The Morgan fingerprint density at radius 1 is 1.15 bits per heavy atom. The van der Waals surface area contributed by atoms with E-state index in [1.807, 2.05) is 19.1 Å². The van der Waals surface area contributed by atoms with Crippen LogP contribution in [-0.4, -0.2) is 37.9 Å². The Labute approximate surface area is 127 Å². The monoisotopic (exact) mass is 316 g/mol. The van der Waals surface area contributed by atoms with E-state index in [2.05, 4.69) is 5.32 Å². The Morgan fingerprint density at radius 3 is 2.60 bits per heavy atom. The van der Waals surface area contributed by atoms with Crippen LogP contribution in [0.25, 0.3) is 0 Å². The molecule has 1 N–H and O–H groups in total. The summed E-state index contributed by atoms with van der Waals surface area (Å²) >= 11 is 0. The van der Waals surface area contributed by atoms with Crippen molar-refractivity contribution < 1.29 is 8.42 Å². The molecule has 1 aromatic carbocycles. The molecule has 2 fully saturated rings. The average molecular weight is 317 g/mol. The molecule has 2 bridgehead atoms. The summed E-state index contributed by atoms with van der Waals surface area (Å²) in [4.78, 5) is 0.452. The molecule has 2 heterocycles. The normalized spacial score (nSPS) is 26.9. The second-order valence-electron chi connectivity index (χ2n) is 5.56. The van der Waals surface area contributed by atoms with E-state index >= 15 is 0 Å². The summed E-state index contributed by atoms with van der Waals surface area (Å²) < 4.78 is 27.1. The number of halogens is 1. The number of hydrogen-bond acceptors (Lipinski definition) is 3. The predicted octanol–water partition coefficient (Wildman–Crippen LogP) is 1.93. The predicted molar refractivity (Wildman–Crippen MR) is 81.7 cm³/mol. The zero-order valence-electron chi connectivity index (χ0n) is 11.6.